The van der Waals surface area contributed by atoms with Crippen molar-refractivity contribution < 1.29 is 24.1 Å². The van der Waals surface area contributed by atoms with E-state index in [-0.39, 0.29) is 0 Å². The van der Waals surface area contributed by atoms with Crippen LogP contribution in [-0.2, 0) is 4.79 Å². The van der Waals surface area contributed by atoms with Crippen LogP contribution in [0, 0.1) is 0 Å². The fourth-order valence-corrected chi connectivity index (χ4v) is 2.06. The van der Waals surface area contributed by atoms with Gasteiger partial charge in [0.1, 0.15) is 17.2 Å². The van der Waals surface area contributed by atoms with Gasteiger partial charge in [-0.2, -0.15) is 0 Å². The Hall–Kier alpha value is -2.95. The first-order valence-corrected chi connectivity index (χ1v) is 7.65. The zero-order valence-electron chi connectivity index (χ0n) is 15.2. The van der Waals surface area contributed by atoms with Gasteiger partial charge >= 0.3 is 5.97 Å². The van der Waals surface area contributed by atoms with E-state index in [2.05, 4.69) is 0 Å². The van der Waals surface area contributed by atoms with Crippen LogP contribution in [0.25, 0.3) is 6.08 Å². The van der Waals surface area contributed by atoms with E-state index in [1.54, 1.807) is 52.5 Å². The lowest BCUT2D eigenvalue weighted by atomic mass is 10.1. The van der Waals surface area contributed by atoms with E-state index < -0.39 is 5.97 Å². The van der Waals surface area contributed by atoms with Crippen LogP contribution in [0.3, 0.4) is 0 Å². The van der Waals surface area contributed by atoms with Crippen LogP contribution >= 0.6 is 0 Å². The highest BCUT2D eigenvalue weighted by Crippen LogP contribution is 2.35. The number of hydrogen-bond donors (Lipinski definition) is 1. The summed E-state index contributed by atoms with van der Waals surface area (Å²) in [7, 11) is 4.77. The highest BCUT2D eigenvalue weighted by molar-refractivity contribution is 5.81. The minimum absolute atomic E-state index is 0.649. The van der Waals surface area contributed by atoms with Gasteiger partial charge in [-0.15, -0.1) is 0 Å². The SMILES string of the molecule is COc1cc(OC)c(/C=C/C(C)=C/C=C/C(C)=C/C(=O)O)c(OC)c1. The number of hydrogen-bond acceptors (Lipinski definition) is 4. The molecule has 1 rings (SSSR count). The number of carboxylic acid groups (broad SMARTS) is 1. The maximum absolute atomic E-state index is 10.6. The molecule has 0 atom stereocenters. The fourth-order valence-electron chi connectivity index (χ4n) is 2.06. The molecule has 5 heteroatoms. The molecule has 0 spiro atoms. The van der Waals surface area contributed by atoms with Crippen LogP contribution in [0.15, 0.2) is 53.7 Å². The number of aliphatic carboxylic acids is 1. The summed E-state index contributed by atoms with van der Waals surface area (Å²) in [6, 6.07) is 3.59. The Bertz CT molecular complexity index is 699. The number of allylic oxidation sites excluding steroid dienone is 6. The van der Waals surface area contributed by atoms with E-state index in [0.29, 0.717) is 22.8 Å². The van der Waals surface area contributed by atoms with Gasteiger partial charge in [0.15, 0.2) is 0 Å². The summed E-state index contributed by atoms with van der Waals surface area (Å²) in [6.45, 7) is 3.68. The van der Waals surface area contributed by atoms with Crippen molar-refractivity contribution >= 4 is 12.0 Å². The van der Waals surface area contributed by atoms with Crippen molar-refractivity contribution in [2.45, 2.75) is 13.8 Å². The number of ether oxygens (including phenoxy) is 3. The highest BCUT2D eigenvalue weighted by atomic mass is 16.5. The average Bonchev–Trinajstić information content (AvgIpc) is 2.58. The van der Waals surface area contributed by atoms with Gasteiger partial charge in [-0.3, -0.25) is 0 Å². The van der Waals surface area contributed by atoms with Crippen LogP contribution in [0.4, 0.5) is 0 Å². The predicted octanol–water partition coefficient (Wildman–Crippen LogP) is 4.26. The zero-order chi connectivity index (χ0) is 18.8. The molecule has 0 aliphatic carbocycles. The van der Waals surface area contributed by atoms with Gasteiger partial charge in [0.05, 0.1) is 26.9 Å². The maximum atomic E-state index is 10.6. The van der Waals surface area contributed by atoms with Gasteiger partial charge in [0.2, 0.25) is 0 Å². The quantitative estimate of drug-likeness (QED) is 0.564. The van der Waals surface area contributed by atoms with Crippen molar-refractivity contribution in [1.82, 2.24) is 0 Å². The molecule has 0 saturated carbocycles. The molecule has 0 unspecified atom stereocenters. The Morgan fingerprint density at radius 3 is 2.04 bits per heavy atom. The minimum atomic E-state index is -0.957. The number of carboxylic acids is 1. The molecule has 1 aromatic carbocycles. The minimum Gasteiger partial charge on any atom is -0.496 e. The van der Waals surface area contributed by atoms with Crippen LogP contribution in [-0.4, -0.2) is 32.4 Å². The summed E-state index contributed by atoms with van der Waals surface area (Å²) in [5, 5.41) is 8.67. The lowest BCUT2D eigenvalue weighted by Gasteiger charge is -2.12. The molecular weight excluding hydrogens is 320 g/mol. The third-order valence-corrected chi connectivity index (χ3v) is 3.34. The van der Waals surface area contributed by atoms with Gasteiger partial charge in [0, 0.05) is 18.2 Å². The average molecular weight is 344 g/mol. The molecule has 0 aromatic heterocycles. The Labute approximate surface area is 148 Å². The molecule has 0 aliphatic rings. The van der Waals surface area contributed by atoms with Crippen LogP contribution < -0.4 is 14.2 Å². The van der Waals surface area contributed by atoms with Gasteiger partial charge in [0.25, 0.3) is 0 Å². The van der Waals surface area contributed by atoms with Gasteiger partial charge in [-0.25, -0.2) is 4.79 Å². The number of methoxy groups -OCH3 is 3. The second-order valence-corrected chi connectivity index (χ2v) is 5.28. The van der Waals surface area contributed by atoms with Crippen molar-refractivity contribution in [1.29, 1.82) is 0 Å². The molecule has 0 aliphatic heterocycles. The molecule has 25 heavy (non-hydrogen) atoms. The van der Waals surface area contributed by atoms with E-state index in [0.717, 1.165) is 17.2 Å². The van der Waals surface area contributed by atoms with E-state index in [9.17, 15) is 4.79 Å². The first-order valence-electron chi connectivity index (χ1n) is 7.65. The summed E-state index contributed by atoms with van der Waals surface area (Å²) in [6.07, 6.45) is 10.4. The molecule has 0 bridgehead atoms. The Balaban J connectivity index is 3.02. The van der Waals surface area contributed by atoms with E-state index >= 15 is 0 Å². The maximum Gasteiger partial charge on any atom is 0.328 e. The van der Waals surface area contributed by atoms with E-state index in [4.69, 9.17) is 19.3 Å². The second-order valence-electron chi connectivity index (χ2n) is 5.28. The smallest absolute Gasteiger partial charge is 0.328 e. The standard InChI is InChI=1S/C20H24O5/c1-14(7-6-8-15(2)11-20(21)22)9-10-17-18(24-4)12-16(23-3)13-19(17)25-5/h6-13H,1-5H3,(H,21,22)/b8-6+,10-9+,14-7+,15-11+. The van der Waals surface area contributed by atoms with Crippen molar-refractivity contribution in [2.24, 2.45) is 0 Å². The van der Waals surface area contributed by atoms with Crippen molar-refractivity contribution in [2.75, 3.05) is 21.3 Å². The molecule has 1 N–H and O–H groups in total. The van der Waals surface area contributed by atoms with Crippen LogP contribution in [0.1, 0.15) is 19.4 Å². The largest absolute Gasteiger partial charge is 0.496 e. The fraction of sp³-hybridized carbons (Fsp3) is 0.250. The summed E-state index contributed by atoms with van der Waals surface area (Å²) in [5.41, 5.74) is 2.46. The highest BCUT2D eigenvalue weighted by Gasteiger charge is 2.10. The number of benzene rings is 1. The molecule has 5 nitrogen and oxygen atoms in total. The van der Waals surface area contributed by atoms with Gasteiger partial charge < -0.3 is 19.3 Å². The first kappa shape index (κ1) is 20.1. The predicted molar refractivity (Wildman–Crippen MR) is 99.4 cm³/mol. The van der Waals surface area contributed by atoms with Crippen molar-refractivity contribution in [3.8, 4) is 17.2 Å². The molecular formula is C20H24O5. The molecule has 0 heterocycles. The molecule has 1 aromatic rings. The summed E-state index contributed by atoms with van der Waals surface area (Å²) < 4.78 is 16.0. The summed E-state index contributed by atoms with van der Waals surface area (Å²) in [4.78, 5) is 10.6. The van der Waals surface area contributed by atoms with Crippen molar-refractivity contribution in [3.05, 3.63) is 59.2 Å². The number of carbonyl (C=O) groups is 1. The summed E-state index contributed by atoms with van der Waals surface area (Å²) >= 11 is 0. The Kier molecular flexibility index (Phi) is 8.06. The molecule has 134 valence electrons. The Morgan fingerprint density at radius 2 is 1.56 bits per heavy atom. The van der Waals surface area contributed by atoms with Crippen LogP contribution in [0.5, 0.6) is 17.2 Å². The Morgan fingerprint density at radius 1 is 0.960 bits per heavy atom. The second kappa shape index (κ2) is 10.0. The van der Waals surface area contributed by atoms with E-state index in [1.165, 1.54) is 0 Å². The normalized spacial score (nSPS) is 12.7. The lowest BCUT2D eigenvalue weighted by molar-refractivity contribution is -0.131. The molecule has 0 radical (unpaired) electrons. The monoisotopic (exact) mass is 344 g/mol. The van der Waals surface area contributed by atoms with E-state index in [1.807, 2.05) is 25.2 Å². The first-order chi connectivity index (χ1) is 11.9. The van der Waals surface area contributed by atoms with Crippen molar-refractivity contribution in [3.63, 3.8) is 0 Å². The number of rotatable bonds is 8. The summed E-state index contributed by atoms with van der Waals surface area (Å²) in [5.74, 6) is 0.996. The zero-order valence-corrected chi connectivity index (χ0v) is 15.2. The molecule has 0 fully saturated rings. The third kappa shape index (κ3) is 6.59. The van der Waals surface area contributed by atoms with Gasteiger partial charge in [-0.05, 0) is 25.5 Å². The molecule has 0 amide bonds. The topological polar surface area (TPSA) is 65.0 Å². The molecule has 0 saturated heterocycles. The lowest BCUT2D eigenvalue weighted by Crippen LogP contribution is -1.94. The third-order valence-electron chi connectivity index (χ3n) is 3.34. The van der Waals surface area contributed by atoms with Crippen LogP contribution in [0.2, 0.25) is 0 Å². The van der Waals surface area contributed by atoms with Gasteiger partial charge in [-0.1, -0.05) is 29.9 Å².